The number of nitrogens with one attached hydrogen (secondary N) is 2. The van der Waals surface area contributed by atoms with Crippen molar-refractivity contribution >= 4 is 27.6 Å². The summed E-state index contributed by atoms with van der Waals surface area (Å²) in [4.78, 5) is 24.8. The van der Waals surface area contributed by atoms with E-state index < -0.39 is 11.7 Å². The number of carbonyl (C=O) groups is 1. The summed E-state index contributed by atoms with van der Waals surface area (Å²) in [5.74, 6) is 0. The Morgan fingerprint density at radius 2 is 1.85 bits per heavy atom. The van der Waals surface area contributed by atoms with Gasteiger partial charge < -0.3 is 10.1 Å². The highest BCUT2D eigenvalue weighted by atomic mass is 16.6. The van der Waals surface area contributed by atoms with E-state index in [-0.39, 0.29) is 12.1 Å². The van der Waals surface area contributed by atoms with Gasteiger partial charge in [0.25, 0.3) is 5.56 Å². The lowest BCUT2D eigenvalue weighted by molar-refractivity contribution is 0.0523. The molecule has 9 heteroatoms. The van der Waals surface area contributed by atoms with Gasteiger partial charge in [0.05, 0.1) is 35.1 Å². The van der Waals surface area contributed by atoms with Crippen LogP contribution in [0.3, 0.4) is 0 Å². The third-order valence-corrected chi connectivity index (χ3v) is 6.56. The van der Waals surface area contributed by atoms with Crippen LogP contribution in [0.1, 0.15) is 37.6 Å². The van der Waals surface area contributed by atoms with Crippen molar-refractivity contribution in [3.8, 4) is 28.5 Å². The second-order valence-electron chi connectivity index (χ2n) is 10.4. The van der Waals surface area contributed by atoms with Crippen LogP contribution in [0.2, 0.25) is 0 Å². The standard InChI is InChI=1S/C30H28N6O3/c1-17-7-6-8-20-19(17)11-12-21(24(20)14-31)27-25(15-33-36(27)5)18-9-10-22-23(13-18)26(34-35-28(22)37)16-32-29(38)39-30(2,3)4/h6-13,15H,16H2,1-5H3,(H,32,38)(H,35,37). The van der Waals surface area contributed by atoms with Crippen molar-refractivity contribution < 1.29 is 9.53 Å². The van der Waals surface area contributed by atoms with Crippen LogP contribution in [-0.4, -0.2) is 31.7 Å². The van der Waals surface area contributed by atoms with Gasteiger partial charge in [0.2, 0.25) is 0 Å². The number of aromatic amines is 1. The van der Waals surface area contributed by atoms with Crippen molar-refractivity contribution in [1.82, 2.24) is 25.3 Å². The van der Waals surface area contributed by atoms with E-state index in [0.29, 0.717) is 22.0 Å². The maximum Gasteiger partial charge on any atom is 0.407 e. The van der Waals surface area contributed by atoms with E-state index in [1.807, 2.05) is 56.4 Å². The minimum Gasteiger partial charge on any atom is -0.444 e. The van der Waals surface area contributed by atoms with E-state index in [9.17, 15) is 14.9 Å². The van der Waals surface area contributed by atoms with Gasteiger partial charge >= 0.3 is 6.09 Å². The van der Waals surface area contributed by atoms with Gasteiger partial charge in [0.15, 0.2) is 0 Å². The smallest absolute Gasteiger partial charge is 0.407 e. The first-order valence-corrected chi connectivity index (χ1v) is 12.5. The number of amides is 1. The quantitative estimate of drug-likeness (QED) is 0.329. The van der Waals surface area contributed by atoms with Crippen molar-refractivity contribution in [1.29, 1.82) is 5.26 Å². The number of nitriles is 1. The van der Waals surface area contributed by atoms with Crippen LogP contribution in [0.5, 0.6) is 0 Å². The van der Waals surface area contributed by atoms with E-state index >= 15 is 0 Å². The molecule has 0 saturated heterocycles. The lowest BCUT2D eigenvalue weighted by atomic mass is 9.92. The fraction of sp³-hybridized carbons (Fsp3) is 0.233. The van der Waals surface area contributed by atoms with Gasteiger partial charge in [-0.05, 0) is 56.3 Å². The Hall–Kier alpha value is -4.97. The number of H-pyrrole nitrogens is 1. The van der Waals surface area contributed by atoms with Gasteiger partial charge in [-0.3, -0.25) is 9.48 Å². The highest BCUT2D eigenvalue weighted by molar-refractivity contribution is 5.98. The molecule has 0 radical (unpaired) electrons. The Bertz CT molecular complexity index is 1850. The molecule has 5 rings (SSSR count). The molecule has 0 unspecified atom stereocenters. The molecule has 39 heavy (non-hydrogen) atoms. The number of alkyl carbamates (subject to hydrolysis) is 1. The number of nitrogens with zero attached hydrogens (tertiary/aromatic N) is 4. The number of carbonyl (C=O) groups excluding carboxylic acids is 1. The molecule has 0 aliphatic carbocycles. The van der Waals surface area contributed by atoms with Crippen LogP contribution in [0.4, 0.5) is 4.79 Å². The van der Waals surface area contributed by atoms with Crippen molar-refractivity contribution in [2.45, 2.75) is 39.8 Å². The predicted molar refractivity (Wildman–Crippen MR) is 150 cm³/mol. The zero-order valence-electron chi connectivity index (χ0n) is 22.4. The molecular weight excluding hydrogens is 492 g/mol. The zero-order chi connectivity index (χ0) is 27.9. The monoisotopic (exact) mass is 520 g/mol. The van der Waals surface area contributed by atoms with Crippen LogP contribution in [0.25, 0.3) is 43.9 Å². The molecule has 0 saturated carbocycles. The van der Waals surface area contributed by atoms with Gasteiger partial charge in [-0.15, -0.1) is 0 Å². The molecule has 1 amide bonds. The SMILES string of the molecule is Cc1cccc2c(C#N)c(-c3c(-c4ccc5c(=O)[nH]nc(CNC(=O)OC(C)(C)C)c5c4)cnn3C)ccc12. The van der Waals surface area contributed by atoms with Gasteiger partial charge in [0, 0.05) is 28.9 Å². The Labute approximate surface area is 225 Å². The summed E-state index contributed by atoms with van der Waals surface area (Å²) in [6, 6.07) is 17.8. The van der Waals surface area contributed by atoms with Crippen molar-refractivity contribution in [3.63, 3.8) is 0 Å². The highest BCUT2D eigenvalue weighted by Crippen LogP contribution is 2.37. The average Bonchev–Trinajstić information content (AvgIpc) is 3.27. The van der Waals surface area contributed by atoms with Crippen LogP contribution in [0.15, 0.2) is 59.5 Å². The summed E-state index contributed by atoms with van der Waals surface area (Å²) in [5, 5.41) is 27.0. The molecule has 0 aliphatic rings. The first-order chi connectivity index (χ1) is 18.6. The number of hydrogen-bond donors (Lipinski definition) is 2. The summed E-state index contributed by atoms with van der Waals surface area (Å²) < 4.78 is 7.08. The van der Waals surface area contributed by atoms with Crippen LogP contribution in [0, 0.1) is 18.3 Å². The number of fused-ring (bicyclic) bond motifs is 2. The van der Waals surface area contributed by atoms with E-state index in [0.717, 1.165) is 38.7 Å². The van der Waals surface area contributed by atoms with Crippen LogP contribution >= 0.6 is 0 Å². The summed E-state index contributed by atoms with van der Waals surface area (Å²) in [5.41, 5.74) is 4.32. The molecule has 0 spiro atoms. The minimum atomic E-state index is -0.641. The zero-order valence-corrected chi connectivity index (χ0v) is 22.4. The Balaban J connectivity index is 1.62. The molecule has 3 aromatic carbocycles. The minimum absolute atomic E-state index is 0.0636. The third kappa shape index (κ3) is 4.84. The molecule has 0 fully saturated rings. The lowest BCUT2D eigenvalue weighted by Crippen LogP contribution is -2.32. The third-order valence-electron chi connectivity index (χ3n) is 6.56. The van der Waals surface area contributed by atoms with Gasteiger partial charge in [-0.25, -0.2) is 9.89 Å². The topological polar surface area (TPSA) is 126 Å². The van der Waals surface area contributed by atoms with Crippen molar-refractivity contribution in [3.05, 3.63) is 81.9 Å². The lowest BCUT2D eigenvalue weighted by Gasteiger charge is -2.19. The summed E-state index contributed by atoms with van der Waals surface area (Å²) in [6.45, 7) is 7.44. The first-order valence-electron chi connectivity index (χ1n) is 12.5. The number of hydrogen-bond acceptors (Lipinski definition) is 6. The molecule has 0 bridgehead atoms. The van der Waals surface area contributed by atoms with Crippen LogP contribution in [-0.2, 0) is 18.3 Å². The molecular formula is C30H28N6O3. The molecule has 0 aliphatic heterocycles. The van der Waals surface area contributed by atoms with E-state index in [4.69, 9.17) is 4.74 Å². The number of aromatic nitrogens is 4. The fourth-order valence-electron chi connectivity index (χ4n) is 4.79. The van der Waals surface area contributed by atoms with Gasteiger partial charge in [-0.1, -0.05) is 36.4 Å². The van der Waals surface area contributed by atoms with Crippen LogP contribution < -0.4 is 10.9 Å². The Morgan fingerprint density at radius 1 is 1.08 bits per heavy atom. The number of benzene rings is 3. The Morgan fingerprint density at radius 3 is 2.59 bits per heavy atom. The number of aryl methyl sites for hydroxylation is 2. The normalized spacial score (nSPS) is 11.5. The summed E-state index contributed by atoms with van der Waals surface area (Å²) >= 11 is 0. The maximum atomic E-state index is 12.5. The molecule has 0 atom stereocenters. The molecule has 2 heterocycles. The summed E-state index contributed by atoms with van der Waals surface area (Å²) in [6.07, 6.45) is 1.17. The highest BCUT2D eigenvalue weighted by Gasteiger charge is 2.20. The maximum absolute atomic E-state index is 12.5. The Kier molecular flexibility index (Phi) is 6.40. The molecule has 2 aromatic heterocycles. The summed E-state index contributed by atoms with van der Waals surface area (Å²) in [7, 11) is 1.84. The second-order valence-corrected chi connectivity index (χ2v) is 10.4. The molecule has 9 nitrogen and oxygen atoms in total. The average molecular weight is 521 g/mol. The van der Waals surface area contributed by atoms with Gasteiger partial charge in [0.1, 0.15) is 11.7 Å². The van der Waals surface area contributed by atoms with E-state index in [1.54, 1.807) is 37.7 Å². The molecule has 5 aromatic rings. The van der Waals surface area contributed by atoms with Gasteiger partial charge in [-0.2, -0.15) is 15.5 Å². The molecule has 2 N–H and O–H groups in total. The first kappa shape index (κ1) is 25.7. The van der Waals surface area contributed by atoms with Crippen molar-refractivity contribution in [2.24, 2.45) is 7.05 Å². The fourth-order valence-corrected chi connectivity index (χ4v) is 4.79. The van der Waals surface area contributed by atoms with E-state index in [1.165, 1.54) is 0 Å². The predicted octanol–water partition coefficient (Wildman–Crippen LogP) is 5.35. The number of rotatable bonds is 4. The van der Waals surface area contributed by atoms with E-state index in [2.05, 4.69) is 26.7 Å². The van der Waals surface area contributed by atoms with Crippen molar-refractivity contribution in [2.75, 3.05) is 0 Å². The largest absolute Gasteiger partial charge is 0.444 e. The number of ether oxygens (including phenoxy) is 1. The molecule has 196 valence electrons. The second kappa shape index (κ2) is 9.72.